The van der Waals surface area contributed by atoms with Crippen molar-refractivity contribution in [2.75, 3.05) is 82.3 Å². The molecule has 352 valence electrons. The van der Waals surface area contributed by atoms with Crippen molar-refractivity contribution >= 4 is 63.8 Å². The largest absolute Gasteiger partial charge is 0.484 e. The van der Waals surface area contributed by atoms with Gasteiger partial charge in [0.15, 0.2) is 23.6 Å². The molecule has 0 bridgehead atoms. The standard InChI is InChI=1S/C49H54N12O7/c62-41-14-13-40(47(65)55-41)61-48(66)38-12-11-37(28-39(38)49(61)67)68-29-43(64)59-23-19-57(20-24-59)16-4-15-56-17-21-58(22-18-56)35-9-7-33(8-10-35)54-45-44-46(51-30-50-45)60(31-52-44)36-26-34(27-36)53-42(63)25-32-5-2-1-3-6-32/h1-3,5-12,28,30-31,34,36,40H,4,13-27,29H2,(H,53,63)(H,50,51,54)(H,55,62,65). The Balaban J connectivity index is 0.616. The molecule has 2 aromatic heterocycles. The highest BCUT2D eigenvalue weighted by Gasteiger charge is 2.45. The Morgan fingerprint density at radius 1 is 0.779 bits per heavy atom. The monoisotopic (exact) mass is 922 g/mol. The van der Waals surface area contributed by atoms with Crippen molar-refractivity contribution in [1.82, 2.24) is 49.8 Å². The summed E-state index contributed by atoms with van der Waals surface area (Å²) in [5.41, 5.74) is 4.85. The molecule has 5 aliphatic rings. The molecule has 6 amide bonds. The first-order valence-electron chi connectivity index (χ1n) is 23.5. The molecule has 4 aliphatic heterocycles. The highest BCUT2D eigenvalue weighted by molar-refractivity contribution is 6.23. The van der Waals surface area contributed by atoms with Gasteiger partial charge >= 0.3 is 0 Å². The topological polar surface area (TPSA) is 208 Å². The summed E-state index contributed by atoms with van der Waals surface area (Å²) >= 11 is 0. The van der Waals surface area contributed by atoms with Crippen molar-refractivity contribution in [1.29, 1.82) is 0 Å². The molecule has 0 radical (unpaired) electrons. The number of fused-ring (bicyclic) bond motifs is 2. The van der Waals surface area contributed by atoms with E-state index in [9.17, 15) is 28.8 Å². The van der Waals surface area contributed by atoms with Crippen LogP contribution < -0.4 is 25.6 Å². The van der Waals surface area contributed by atoms with Crippen molar-refractivity contribution in [3.05, 3.63) is 102 Å². The first-order valence-corrected chi connectivity index (χ1v) is 23.5. The lowest BCUT2D eigenvalue weighted by Gasteiger charge is -2.37. The van der Waals surface area contributed by atoms with Crippen molar-refractivity contribution in [3.63, 3.8) is 0 Å². The average molecular weight is 923 g/mol. The molecular weight excluding hydrogens is 869 g/mol. The smallest absolute Gasteiger partial charge is 0.262 e. The number of nitrogens with zero attached hydrogens (tertiary/aromatic N) is 9. The van der Waals surface area contributed by atoms with Gasteiger partial charge < -0.3 is 29.7 Å². The Labute approximate surface area is 392 Å². The van der Waals surface area contributed by atoms with Gasteiger partial charge in [-0.05, 0) is 86.8 Å². The van der Waals surface area contributed by atoms with Gasteiger partial charge in [0, 0.05) is 82.2 Å². The minimum Gasteiger partial charge on any atom is -0.484 e. The number of carbonyl (C=O) groups excluding carboxylic acids is 6. The highest BCUT2D eigenvalue weighted by atomic mass is 16.5. The number of piperidine rings is 1. The summed E-state index contributed by atoms with van der Waals surface area (Å²) in [4.78, 5) is 99.5. The summed E-state index contributed by atoms with van der Waals surface area (Å²) in [5.74, 6) is -1.49. The third-order valence-corrected chi connectivity index (χ3v) is 13.8. The summed E-state index contributed by atoms with van der Waals surface area (Å²) in [6.45, 7) is 8.38. The van der Waals surface area contributed by atoms with E-state index in [-0.39, 0.29) is 60.2 Å². The van der Waals surface area contributed by atoms with E-state index >= 15 is 0 Å². The Hall–Kier alpha value is -7.25. The van der Waals surface area contributed by atoms with Crippen LogP contribution in [0.3, 0.4) is 0 Å². The van der Waals surface area contributed by atoms with Crippen LogP contribution in [0.5, 0.6) is 5.75 Å². The Morgan fingerprint density at radius 2 is 1.50 bits per heavy atom. The predicted octanol–water partition coefficient (Wildman–Crippen LogP) is 2.77. The number of rotatable bonds is 15. The van der Waals surface area contributed by atoms with Crippen LogP contribution in [0.15, 0.2) is 85.5 Å². The fourth-order valence-electron chi connectivity index (χ4n) is 9.84. The maximum Gasteiger partial charge on any atom is 0.262 e. The van der Waals surface area contributed by atoms with Crippen LogP contribution in [0.2, 0.25) is 0 Å². The molecule has 5 aromatic rings. The molecule has 3 saturated heterocycles. The van der Waals surface area contributed by atoms with E-state index in [0.29, 0.717) is 30.8 Å². The van der Waals surface area contributed by atoms with Crippen LogP contribution in [0.1, 0.15) is 64.4 Å². The normalized spacial score (nSPS) is 21.1. The number of nitrogens with one attached hydrogen (secondary N) is 3. The molecule has 6 heterocycles. The van der Waals surface area contributed by atoms with Crippen molar-refractivity contribution in [3.8, 4) is 5.75 Å². The molecule has 68 heavy (non-hydrogen) atoms. The number of anilines is 3. The number of ether oxygens (including phenoxy) is 1. The molecule has 1 saturated carbocycles. The number of benzene rings is 3. The number of carbonyl (C=O) groups is 6. The maximum atomic E-state index is 13.2. The van der Waals surface area contributed by atoms with Gasteiger partial charge in [-0.25, -0.2) is 15.0 Å². The first-order chi connectivity index (χ1) is 33.1. The number of amides is 6. The minimum absolute atomic E-state index is 0.0412. The predicted molar refractivity (Wildman–Crippen MR) is 250 cm³/mol. The van der Waals surface area contributed by atoms with Gasteiger partial charge in [0.25, 0.3) is 17.7 Å². The quantitative estimate of drug-likeness (QED) is 0.129. The van der Waals surface area contributed by atoms with Crippen LogP contribution in [0, 0.1) is 0 Å². The molecular formula is C49H54N12O7. The van der Waals surface area contributed by atoms with Gasteiger partial charge in [-0.3, -0.25) is 48.8 Å². The number of imide groups is 2. The number of hydrogen-bond acceptors (Lipinski definition) is 14. The molecule has 0 spiro atoms. The summed E-state index contributed by atoms with van der Waals surface area (Å²) in [6, 6.07) is 22.0. The van der Waals surface area contributed by atoms with Gasteiger partial charge in [-0.2, -0.15) is 0 Å². The lowest BCUT2D eigenvalue weighted by atomic mass is 9.86. The third-order valence-electron chi connectivity index (χ3n) is 13.8. The van der Waals surface area contributed by atoms with Crippen LogP contribution in [0.4, 0.5) is 17.2 Å². The second kappa shape index (κ2) is 19.5. The zero-order chi connectivity index (χ0) is 46.7. The second-order valence-corrected chi connectivity index (χ2v) is 18.1. The van der Waals surface area contributed by atoms with E-state index < -0.39 is 29.7 Å². The first kappa shape index (κ1) is 44.6. The lowest BCUT2D eigenvalue weighted by Crippen LogP contribution is -2.54. The van der Waals surface area contributed by atoms with E-state index in [1.165, 1.54) is 17.8 Å². The van der Waals surface area contributed by atoms with Crippen LogP contribution in [-0.4, -0.2) is 159 Å². The summed E-state index contributed by atoms with van der Waals surface area (Å²) in [5, 5.41) is 8.80. The number of aromatic nitrogens is 4. The molecule has 1 atom stereocenters. The van der Waals surface area contributed by atoms with E-state index in [1.807, 2.05) is 36.7 Å². The summed E-state index contributed by atoms with van der Waals surface area (Å²) in [6.07, 6.45) is 6.59. The van der Waals surface area contributed by atoms with E-state index in [1.54, 1.807) is 17.3 Å². The van der Waals surface area contributed by atoms with E-state index in [4.69, 9.17) is 4.74 Å². The second-order valence-electron chi connectivity index (χ2n) is 18.1. The van der Waals surface area contributed by atoms with Crippen LogP contribution in [0.25, 0.3) is 11.2 Å². The molecule has 10 rings (SSSR count). The number of imidazole rings is 1. The lowest BCUT2D eigenvalue weighted by molar-refractivity contribution is -0.136. The van der Waals surface area contributed by atoms with Gasteiger partial charge in [-0.15, -0.1) is 0 Å². The molecule has 3 N–H and O–H groups in total. The zero-order valence-corrected chi connectivity index (χ0v) is 37.7. The maximum absolute atomic E-state index is 13.2. The van der Waals surface area contributed by atoms with Crippen LogP contribution >= 0.6 is 0 Å². The zero-order valence-electron chi connectivity index (χ0n) is 37.7. The van der Waals surface area contributed by atoms with Gasteiger partial charge in [0.2, 0.25) is 17.7 Å². The number of piperazine rings is 2. The van der Waals surface area contributed by atoms with Gasteiger partial charge in [0.05, 0.1) is 23.9 Å². The molecule has 4 fully saturated rings. The highest BCUT2D eigenvalue weighted by Crippen LogP contribution is 2.36. The minimum atomic E-state index is -1.05. The molecule has 19 nitrogen and oxygen atoms in total. The fraction of sp³-hybridized carbons (Fsp3) is 0.408. The van der Waals surface area contributed by atoms with E-state index in [0.717, 1.165) is 93.4 Å². The fourth-order valence-corrected chi connectivity index (χ4v) is 9.84. The van der Waals surface area contributed by atoms with Crippen molar-refractivity contribution in [2.45, 2.75) is 56.7 Å². The van der Waals surface area contributed by atoms with Crippen molar-refractivity contribution in [2.24, 2.45) is 0 Å². The average Bonchev–Trinajstić information content (AvgIpc) is 3.88. The molecule has 1 aliphatic carbocycles. The van der Waals surface area contributed by atoms with Gasteiger partial charge in [-0.1, -0.05) is 30.3 Å². The third kappa shape index (κ3) is 9.62. The Kier molecular flexibility index (Phi) is 12.8. The summed E-state index contributed by atoms with van der Waals surface area (Å²) in [7, 11) is 0. The SMILES string of the molecule is O=C1CCC(N2C(=O)c3ccc(OCC(=O)N4CCN(CCCN5CCN(c6ccc(Nc7ncnc8c7ncn8C7CC(NC(=O)Cc8ccccc8)C7)cc6)CC5)CC4)cc3C2=O)C(=O)N1. The Bertz CT molecular complexity index is 2710. The van der Waals surface area contributed by atoms with Gasteiger partial charge in [0.1, 0.15) is 18.1 Å². The number of hydrogen-bond donors (Lipinski definition) is 3. The molecule has 19 heteroatoms. The summed E-state index contributed by atoms with van der Waals surface area (Å²) < 4.78 is 7.87. The van der Waals surface area contributed by atoms with Crippen LogP contribution in [-0.2, 0) is 25.6 Å². The Morgan fingerprint density at radius 3 is 2.24 bits per heavy atom. The molecule has 3 aromatic carbocycles. The molecule has 1 unspecified atom stereocenters. The van der Waals surface area contributed by atoms with E-state index in [2.05, 4.69) is 74.4 Å². The van der Waals surface area contributed by atoms with Crippen molar-refractivity contribution < 1.29 is 33.5 Å².